The molecule has 0 aromatic rings. The standard InChI is InChI=1S/C11H22O3.C10H20O.C7H12O2/c1-8(2)11(14)9(3)5-4-6-10(13)7-12;1-5-6-7-9(4)10(11)8(2)3;1-4-6-5-8-7(2,3)9-6/h4,6,8-14H,5,7H2,1-3H3;5-6,8-11H,7H2,1-4H3;4,6H,1,5H2,2-3H3/b6-4+;6-5+;/t9-,10?,11+;9-,10+;/m11./s1. The van der Waals surface area contributed by atoms with Crippen molar-refractivity contribution in [3.8, 4) is 0 Å². The molecule has 1 heterocycles. The maximum atomic E-state index is 9.67. The quantitative estimate of drug-likeness (QED) is 0.311. The molecular weight excluding hydrogens is 432 g/mol. The number of hydrogen-bond acceptors (Lipinski definition) is 6. The van der Waals surface area contributed by atoms with Crippen LogP contribution in [0, 0.1) is 23.7 Å². The van der Waals surface area contributed by atoms with Gasteiger partial charge >= 0.3 is 0 Å². The molecule has 1 aliphatic heterocycles. The second kappa shape index (κ2) is 19.2. The van der Waals surface area contributed by atoms with Gasteiger partial charge < -0.3 is 29.9 Å². The van der Waals surface area contributed by atoms with Gasteiger partial charge in [0.2, 0.25) is 0 Å². The molecule has 6 atom stereocenters. The normalized spacial score (nSPS) is 22.0. The third kappa shape index (κ3) is 17.4. The molecule has 202 valence electrons. The van der Waals surface area contributed by atoms with Crippen LogP contribution in [0.2, 0.25) is 0 Å². The number of hydrogen-bond donors (Lipinski definition) is 4. The minimum Gasteiger partial charge on any atom is -0.393 e. The van der Waals surface area contributed by atoms with Crippen molar-refractivity contribution in [2.24, 2.45) is 23.7 Å². The van der Waals surface area contributed by atoms with Crippen LogP contribution in [0.3, 0.4) is 0 Å². The molecule has 0 aliphatic carbocycles. The largest absolute Gasteiger partial charge is 0.393 e. The van der Waals surface area contributed by atoms with Gasteiger partial charge in [0.1, 0.15) is 6.10 Å². The molecule has 34 heavy (non-hydrogen) atoms. The van der Waals surface area contributed by atoms with Crippen LogP contribution in [0.5, 0.6) is 0 Å². The fraction of sp³-hybridized carbons (Fsp3) is 0.786. The lowest BCUT2D eigenvalue weighted by atomic mass is 9.92. The van der Waals surface area contributed by atoms with E-state index in [-0.39, 0.29) is 36.8 Å². The molecule has 0 aromatic heterocycles. The van der Waals surface area contributed by atoms with E-state index < -0.39 is 11.9 Å². The van der Waals surface area contributed by atoms with Crippen LogP contribution in [0.1, 0.15) is 75.2 Å². The van der Waals surface area contributed by atoms with E-state index >= 15 is 0 Å². The van der Waals surface area contributed by atoms with Crippen LogP contribution in [0.25, 0.3) is 0 Å². The van der Waals surface area contributed by atoms with Crippen molar-refractivity contribution in [3.05, 3.63) is 37.0 Å². The Morgan fingerprint density at radius 1 is 0.912 bits per heavy atom. The summed E-state index contributed by atoms with van der Waals surface area (Å²) in [5.41, 5.74) is 0. The zero-order valence-corrected chi connectivity index (χ0v) is 23.1. The first kappa shape index (κ1) is 35.1. The van der Waals surface area contributed by atoms with Gasteiger partial charge in [-0.15, -0.1) is 6.58 Å². The predicted molar refractivity (Wildman–Crippen MR) is 141 cm³/mol. The summed E-state index contributed by atoms with van der Waals surface area (Å²) < 4.78 is 10.6. The van der Waals surface area contributed by atoms with E-state index in [4.69, 9.17) is 19.7 Å². The minimum atomic E-state index is -0.779. The number of aliphatic hydroxyl groups excluding tert-OH is 4. The van der Waals surface area contributed by atoms with Gasteiger partial charge in [0.05, 0.1) is 31.5 Å². The first-order valence-electron chi connectivity index (χ1n) is 12.6. The zero-order valence-electron chi connectivity index (χ0n) is 23.1. The Morgan fingerprint density at radius 2 is 1.38 bits per heavy atom. The van der Waals surface area contributed by atoms with Crippen molar-refractivity contribution < 1.29 is 29.9 Å². The van der Waals surface area contributed by atoms with Crippen LogP contribution < -0.4 is 0 Å². The van der Waals surface area contributed by atoms with Gasteiger partial charge in [-0.05, 0) is 57.3 Å². The van der Waals surface area contributed by atoms with Crippen molar-refractivity contribution in [1.29, 1.82) is 0 Å². The van der Waals surface area contributed by atoms with Gasteiger partial charge in [0.25, 0.3) is 0 Å². The highest BCUT2D eigenvalue weighted by Crippen LogP contribution is 2.22. The zero-order chi connectivity index (χ0) is 26.9. The smallest absolute Gasteiger partial charge is 0.163 e. The van der Waals surface area contributed by atoms with Crippen LogP contribution >= 0.6 is 0 Å². The molecule has 0 spiro atoms. The summed E-state index contributed by atoms with van der Waals surface area (Å²) in [6, 6.07) is 0. The van der Waals surface area contributed by atoms with Gasteiger partial charge in [-0.1, -0.05) is 71.9 Å². The van der Waals surface area contributed by atoms with E-state index in [1.165, 1.54) is 0 Å². The fourth-order valence-corrected chi connectivity index (χ4v) is 3.29. The lowest BCUT2D eigenvalue weighted by Crippen LogP contribution is -2.23. The Morgan fingerprint density at radius 3 is 1.68 bits per heavy atom. The summed E-state index contributed by atoms with van der Waals surface area (Å²) in [6.45, 7) is 21.9. The molecule has 6 heteroatoms. The Labute approximate surface area is 209 Å². The molecule has 1 rings (SSSR count). The summed E-state index contributed by atoms with van der Waals surface area (Å²) in [6.07, 6.45) is 9.79. The van der Waals surface area contributed by atoms with Crippen LogP contribution in [0.4, 0.5) is 0 Å². The van der Waals surface area contributed by atoms with Gasteiger partial charge in [0, 0.05) is 0 Å². The molecule has 2 unspecified atom stereocenters. The lowest BCUT2D eigenvalue weighted by Gasteiger charge is -2.20. The molecule has 1 saturated heterocycles. The molecule has 0 saturated carbocycles. The highest BCUT2D eigenvalue weighted by molar-refractivity contribution is 4.90. The second-order valence-corrected chi connectivity index (χ2v) is 10.2. The Balaban J connectivity index is 0. The number of aliphatic hydroxyl groups is 4. The molecule has 0 radical (unpaired) electrons. The van der Waals surface area contributed by atoms with Crippen LogP contribution in [0.15, 0.2) is 37.0 Å². The molecule has 4 N–H and O–H groups in total. The summed E-state index contributed by atoms with van der Waals surface area (Å²) in [4.78, 5) is 0. The number of allylic oxidation sites excluding steroid dienone is 3. The molecule has 0 bridgehead atoms. The predicted octanol–water partition coefficient (Wildman–Crippen LogP) is 4.87. The summed E-state index contributed by atoms with van der Waals surface area (Å²) in [5, 5.41) is 36.8. The highest BCUT2D eigenvalue weighted by Gasteiger charge is 2.30. The number of rotatable bonds is 11. The summed E-state index contributed by atoms with van der Waals surface area (Å²) in [7, 11) is 0. The van der Waals surface area contributed by atoms with Crippen molar-refractivity contribution >= 4 is 0 Å². The molecule has 6 nitrogen and oxygen atoms in total. The van der Waals surface area contributed by atoms with Gasteiger partial charge in [0.15, 0.2) is 5.79 Å². The number of ether oxygens (including phenoxy) is 2. The van der Waals surface area contributed by atoms with Gasteiger partial charge in [-0.3, -0.25) is 0 Å². The van der Waals surface area contributed by atoms with Crippen molar-refractivity contribution in [1.82, 2.24) is 0 Å². The van der Waals surface area contributed by atoms with Crippen molar-refractivity contribution in [2.45, 2.75) is 105 Å². The minimum absolute atomic E-state index is 0.0833. The van der Waals surface area contributed by atoms with Gasteiger partial charge in [-0.25, -0.2) is 0 Å². The second-order valence-electron chi connectivity index (χ2n) is 10.2. The van der Waals surface area contributed by atoms with E-state index in [9.17, 15) is 10.2 Å². The maximum absolute atomic E-state index is 9.67. The Hall–Kier alpha value is -1.02. The first-order valence-corrected chi connectivity index (χ1v) is 12.6. The Bertz CT molecular complexity index is 555. The fourth-order valence-electron chi connectivity index (χ4n) is 3.29. The molecule has 1 aliphatic rings. The van der Waals surface area contributed by atoms with Crippen molar-refractivity contribution in [3.63, 3.8) is 0 Å². The van der Waals surface area contributed by atoms with Crippen LogP contribution in [-0.2, 0) is 9.47 Å². The lowest BCUT2D eigenvalue weighted by molar-refractivity contribution is -0.133. The molecule has 1 fully saturated rings. The molecule has 0 amide bonds. The third-order valence-electron chi connectivity index (χ3n) is 5.62. The topological polar surface area (TPSA) is 99.4 Å². The SMILES string of the molecule is C/C=C/C[C@@H](C)[C@@H](O)C(C)C.C=CC1COC(C)(C)O1.CC(C)[C@H](O)[C@H](C)C/C=C/C(O)CO. The molecular formula is C28H54O6. The van der Waals surface area contributed by atoms with E-state index in [1.807, 2.05) is 47.6 Å². The Kier molecular flexibility index (Phi) is 19.8. The molecule has 0 aromatic carbocycles. The van der Waals surface area contributed by atoms with Crippen LogP contribution in [-0.4, -0.2) is 63.8 Å². The maximum Gasteiger partial charge on any atom is 0.163 e. The summed E-state index contributed by atoms with van der Waals surface area (Å²) in [5.74, 6) is 0.776. The summed E-state index contributed by atoms with van der Waals surface area (Å²) >= 11 is 0. The third-order valence-corrected chi connectivity index (χ3v) is 5.62. The monoisotopic (exact) mass is 486 g/mol. The first-order chi connectivity index (χ1) is 15.7. The van der Waals surface area contributed by atoms with E-state index in [1.54, 1.807) is 18.2 Å². The van der Waals surface area contributed by atoms with E-state index in [2.05, 4.69) is 33.4 Å². The van der Waals surface area contributed by atoms with E-state index in [0.717, 1.165) is 12.8 Å². The average molecular weight is 487 g/mol. The average Bonchev–Trinajstić information content (AvgIpc) is 3.15. The van der Waals surface area contributed by atoms with Gasteiger partial charge in [-0.2, -0.15) is 0 Å². The van der Waals surface area contributed by atoms with Crippen molar-refractivity contribution in [2.75, 3.05) is 13.2 Å². The van der Waals surface area contributed by atoms with E-state index in [0.29, 0.717) is 18.4 Å². The highest BCUT2D eigenvalue weighted by atomic mass is 16.7.